The molecule has 23 heavy (non-hydrogen) atoms. The van der Waals surface area contributed by atoms with Gasteiger partial charge in [-0.1, -0.05) is 12.1 Å². The van der Waals surface area contributed by atoms with Crippen molar-refractivity contribution in [2.24, 2.45) is 0 Å². The highest BCUT2D eigenvalue weighted by molar-refractivity contribution is 6.01. The van der Waals surface area contributed by atoms with Crippen molar-refractivity contribution in [3.8, 4) is 0 Å². The number of hydrogen-bond donors (Lipinski definition) is 1. The van der Waals surface area contributed by atoms with Crippen molar-refractivity contribution in [2.75, 3.05) is 32.1 Å². The molecule has 1 aromatic rings. The lowest BCUT2D eigenvalue weighted by Gasteiger charge is -2.24. The quantitative estimate of drug-likeness (QED) is 0.801. The number of nitrogens with zero attached hydrogens (tertiary/aromatic N) is 2. The first-order valence-electron chi connectivity index (χ1n) is 7.52. The van der Waals surface area contributed by atoms with Gasteiger partial charge in [0, 0.05) is 20.0 Å². The summed E-state index contributed by atoms with van der Waals surface area (Å²) in [5, 5.41) is 2.99. The van der Waals surface area contributed by atoms with E-state index < -0.39 is 11.9 Å². The van der Waals surface area contributed by atoms with E-state index in [4.69, 9.17) is 0 Å². The molecule has 0 spiro atoms. The maximum absolute atomic E-state index is 13.8. The van der Waals surface area contributed by atoms with Gasteiger partial charge in [0.25, 0.3) is 0 Å². The van der Waals surface area contributed by atoms with Gasteiger partial charge in [0.1, 0.15) is 11.9 Å². The third-order valence-corrected chi connectivity index (χ3v) is 4.00. The van der Waals surface area contributed by atoms with E-state index in [0.717, 1.165) is 13.0 Å². The second kappa shape index (κ2) is 8.84. The molecule has 0 radical (unpaired) electrons. The molecule has 128 valence electrons. The molecule has 1 aliphatic heterocycles. The molecule has 1 heterocycles. The number of carbonyl (C=O) groups excluding carboxylic acids is 2. The summed E-state index contributed by atoms with van der Waals surface area (Å²) in [5.41, 5.74) is 0.283. The monoisotopic (exact) mass is 343 g/mol. The molecule has 2 rings (SSSR count). The van der Waals surface area contributed by atoms with Crippen molar-refractivity contribution < 1.29 is 14.0 Å². The maximum atomic E-state index is 13.8. The van der Waals surface area contributed by atoms with E-state index in [1.54, 1.807) is 25.2 Å². The van der Waals surface area contributed by atoms with Crippen molar-refractivity contribution in [3.63, 3.8) is 0 Å². The third-order valence-electron chi connectivity index (χ3n) is 4.00. The van der Waals surface area contributed by atoms with Crippen LogP contribution in [0, 0.1) is 5.82 Å². The Labute approximate surface area is 142 Å². The van der Waals surface area contributed by atoms with Crippen LogP contribution in [0.3, 0.4) is 0 Å². The van der Waals surface area contributed by atoms with E-state index in [-0.39, 0.29) is 29.9 Å². The summed E-state index contributed by atoms with van der Waals surface area (Å²) in [4.78, 5) is 27.5. The highest BCUT2D eigenvalue weighted by Crippen LogP contribution is 2.26. The predicted octanol–water partition coefficient (Wildman–Crippen LogP) is 1.81. The Morgan fingerprint density at radius 3 is 2.78 bits per heavy atom. The minimum atomic E-state index is -0.498. The summed E-state index contributed by atoms with van der Waals surface area (Å²) in [6, 6.07) is 5.72. The third kappa shape index (κ3) is 4.42. The second-order valence-electron chi connectivity index (χ2n) is 5.46. The van der Waals surface area contributed by atoms with Crippen molar-refractivity contribution in [1.82, 2.24) is 10.2 Å². The number of amides is 2. The van der Waals surface area contributed by atoms with Crippen LogP contribution in [-0.2, 0) is 9.59 Å². The minimum Gasteiger partial charge on any atom is -0.334 e. The standard InChI is InChI=1S/C16H22FN3O2.ClH/c1-18-10-5-8-15(21)19(2)14-9-11-20(16(14)22)13-7-4-3-6-12(13)17;/h3-4,6-7,14,18H,5,8-11H2,1-2H3;1H. The van der Waals surface area contributed by atoms with Crippen molar-refractivity contribution in [1.29, 1.82) is 0 Å². The van der Waals surface area contributed by atoms with Gasteiger partial charge in [-0.3, -0.25) is 9.59 Å². The van der Waals surface area contributed by atoms with Crippen LogP contribution in [0.25, 0.3) is 0 Å². The van der Waals surface area contributed by atoms with Gasteiger partial charge < -0.3 is 15.1 Å². The molecule has 1 fully saturated rings. The van der Waals surface area contributed by atoms with Gasteiger partial charge in [0.15, 0.2) is 0 Å². The summed E-state index contributed by atoms with van der Waals surface area (Å²) in [6.07, 6.45) is 1.67. The van der Waals surface area contributed by atoms with Crippen LogP contribution < -0.4 is 10.2 Å². The summed E-state index contributed by atoms with van der Waals surface area (Å²) in [6.45, 7) is 1.19. The fraction of sp³-hybridized carbons (Fsp3) is 0.500. The van der Waals surface area contributed by atoms with Crippen molar-refractivity contribution >= 4 is 29.9 Å². The Morgan fingerprint density at radius 2 is 2.13 bits per heavy atom. The number of hydrogen-bond acceptors (Lipinski definition) is 3. The van der Waals surface area contributed by atoms with E-state index in [0.29, 0.717) is 19.4 Å². The maximum Gasteiger partial charge on any atom is 0.249 e. The normalized spacial score (nSPS) is 17.1. The zero-order valence-electron chi connectivity index (χ0n) is 13.4. The van der Waals surface area contributed by atoms with Gasteiger partial charge >= 0.3 is 0 Å². The Morgan fingerprint density at radius 1 is 1.43 bits per heavy atom. The smallest absolute Gasteiger partial charge is 0.249 e. The van der Waals surface area contributed by atoms with Gasteiger partial charge in [-0.15, -0.1) is 12.4 Å². The Balaban J connectivity index is 0.00000264. The number of para-hydroxylation sites is 1. The molecule has 1 N–H and O–H groups in total. The first-order valence-corrected chi connectivity index (χ1v) is 7.52. The Kier molecular flexibility index (Phi) is 7.45. The van der Waals surface area contributed by atoms with Crippen LogP contribution in [0.4, 0.5) is 10.1 Å². The van der Waals surface area contributed by atoms with Crippen LogP contribution in [0.1, 0.15) is 19.3 Å². The molecular formula is C16H23ClFN3O2. The van der Waals surface area contributed by atoms with Crippen molar-refractivity contribution in [3.05, 3.63) is 30.1 Å². The predicted molar refractivity (Wildman–Crippen MR) is 90.3 cm³/mol. The van der Waals surface area contributed by atoms with Crippen LogP contribution in [0.2, 0.25) is 0 Å². The Hall–Kier alpha value is -1.66. The van der Waals surface area contributed by atoms with Crippen LogP contribution in [0.15, 0.2) is 24.3 Å². The lowest BCUT2D eigenvalue weighted by atomic mass is 10.2. The number of rotatable bonds is 6. The minimum absolute atomic E-state index is 0. The van der Waals surface area contributed by atoms with E-state index in [2.05, 4.69) is 5.32 Å². The molecule has 1 atom stereocenters. The lowest BCUT2D eigenvalue weighted by molar-refractivity contribution is -0.136. The molecule has 0 aliphatic carbocycles. The molecule has 7 heteroatoms. The zero-order valence-corrected chi connectivity index (χ0v) is 14.2. The number of carbonyl (C=O) groups is 2. The average molecular weight is 344 g/mol. The highest BCUT2D eigenvalue weighted by atomic mass is 35.5. The van der Waals surface area contributed by atoms with Crippen molar-refractivity contribution in [2.45, 2.75) is 25.3 Å². The SMILES string of the molecule is CNCCCC(=O)N(C)C1CCN(c2ccccc2F)C1=O.Cl. The largest absolute Gasteiger partial charge is 0.334 e. The topological polar surface area (TPSA) is 52.7 Å². The number of nitrogens with one attached hydrogen (secondary N) is 1. The van der Waals surface area contributed by atoms with E-state index in [1.165, 1.54) is 15.9 Å². The van der Waals surface area contributed by atoms with Crippen LogP contribution in [0.5, 0.6) is 0 Å². The average Bonchev–Trinajstić information content (AvgIpc) is 2.88. The fourth-order valence-corrected chi connectivity index (χ4v) is 2.70. The van der Waals surface area contributed by atoms with E-state index in [9.17, 15) is 14.0 Å². The zero-order chi connectivity index (χ0) is 16.1. The molecular weight excluding hydrogens is 321 g/mol. The number of anilines is 1. The highest BCUT2D eigenvalue weighted by Gasteiger charge is 2.37. The molecule has 1 saturated heterocycles. The van der Waals surface area contributed by atoms with Gasteiger partial charge in [-0.25, -0.2) is 4.39 Å². The fourth-order valence-electron chi connectivity index (χ4n) is 2.70. The molecule has 1 aliphatic rings. The molecule has 0 bridgehead atoms. The molecule has 2 amide bonds. The summed E-state index contributed by atoms with van der Waals surface area (Å²) in [5.74, 6) is -0.682. The molecule has 0 saturated carbocycles. The molecule has 5 nitrogen and oxygen atoms in total. The first kappa shape index (κ1) is 19.4. The molecule has 0 aromatic heterocycles. The van der Waals surface area contributed by atoms with E-state index >= 15 is 0 Å². The number of halogens is 2. The molecule has 1 unspecified atom stereocenters. The summed E-state index contributed by atoms with van der Waals surface area (Å²) < 4.78 is 13.8. The van der Waals surface area contributed by atoms with Gasteiger partial charge in [-0.05, 0) is 38.6 Å². The van der Waals surface area contributed by atoms with Crippen LogP contribution >= 0.6 is 12.4 Å². The Bertz CT molecular complexity index is 556. The van der Waals surface area contributed by atoms with Gasteiger partial charge in [0.05, 0.1) is 5.69 Å². The number of likely N-dealkylation sites (N-methyl/N-ethyl adjacent to an activating group) is 1. The molecule has 1 aromatic carbocycles. The second-order valence-corrected chi connectivity index (χ2v) is 5.46. The first-order chi connectivity index (χ1) is 10.6. The van der Waals surface area contributed by atoms with Gasteiger partial charge in [-0.2, -0.15) is 0 Å². The summed E-state index contributed by atoms with van der Waals surface area (Å²) >= 11 is 0. The van der Waals surface area contributed by atoms with E-state index in [1.807, 2.05) is 7.05 Å². The summed E-state index contributed by atoms with van der Waals surface area (Å²) in [7, 11) is 3.48. The lowest BCUT2D eigenvalue weighted by Crippen LogP contribution is -2.43. The van der Waals surface area contributed by atoms with Gasteiger partial charge in [0.2, 0.25) is 11.8 Å². The van der Waals surface area contributed by atoms with Crippen LogP contribution in [-0.4, -0.2) is 49.9 Å². The number of benzene rings is 1.